The van der Waals surface area contributed by atoms with Gasteiger partial charge in [-0.2, -0.15) is 0 Å². The number of halogens is 3. The Hall–Kier alpha value is -2.51. The number of hydrogen-bond acceptors (Lipinski definition) is 4. The van der Waals surface area contributed by atoms with E-state index in [4.69, 9.17) is 32.7 Å². The van der Waals surface area contributed by atoms with Crippen LogP contribution in [0, 0.1) is 5.82 Å². The molecule has 0 bridgehead atoms. The number of hydrogen-bond donors (Lipinski definition) is 2. The van der Waals surface area contributed by atoms with Crippen LogP contribution in [-0.2, 0) is 4.79 Å². The van der Waals surface area contributed by atoms with Crippen LogP contribution in [0.25, 0.3) is 0 Å². The van der Waals surface area contributed by atoms with E-state index in [1.165, 1.54) is 0 Å². The van der Waals surface area contributed by atoms with Crippen molar-refractivity contribution in [1.82, 2.24) is 10.9 Å². The fraction of sp³-hybridized carbons (Fsp3) is 0.125. The first-order valence-corrected chi connectivity index (χ1v) is 7.84. The van der Waals surface area contributed by atoms with Crippen LogP contribution >= 0.6 is 23.2 Å². The minimum absolute atomic E-state index is 0.0188. The molecule has 1 heterocycles. The van der Waals surface area contributed by atoms with Gasteiger partial charge in [-0.25, -0.2) is 4.39 Å². The van der Waals surface area contributed by atoms with E-state index in [1.807, 2.05) is 0 Å². The lowest BCUT2D eigenvalue weighted by Gasteiger charge is -2.25. The van der Waals surface area contributed by atoms with E-state index in [-0.39, 0.29) is 22.2 Å². The molecule has 2 N–H and O–H groups in total. The quantitative estimate of drug-likeness (QED) is 0.616. The Kier molecular flexibility index (Phi) is 4.96. The molecule has 2 aromatic carbocycles. The second-order valence-electron chi connectivity index (χ2n) is 5.05. The van der Waals surface area contributed by atoms with Crippen LogP contribution in [0.5, 0.6) is 11.5 Å². The van der Waals surface area contributed by atoms with Crippen molar-refractivity contribution >= 4 is 35.0 Å². The first-order chi connectivity index (χ1) is 12.0. The van der Waals surface area contributed by atoms with E-state index < -0.39 is 23.7 Å². The van der Waals surface area contributed by atoms with Crippen molar-refractivity contribution in [3.63, 3.8) is 0 Å². The van der Waals surface area contributed by atoms with Crippen molar-refractivity contribution in [3.05, 3.63) is 57.8 Å². The molecule has 6 nitrogen and oxygen atoms in total. The predicted octanol–water partition coefficient (Wildman–Crippen LogP) is 2.73. The number of fused-ring (bicyclic) bond motifs is 1. The fourth-order valence-electron chi connectivity index (χ4n) is 2.11. The summed E-state index contributed by atoms with van der Waals surface area (Å²) in [5.41, 5.74) is 4.15. The third kappa shape index (κ3) is 3.78. The van der Waals surface area contributed by atoms with Gasteiger partial charge >= 0.3 is 0 Å². The van der Waals surface area contributed by atoms with Gasteiger partial charge in [0, 0.05) is 0 Å². The van der Waals surface area contributed by atoms with Crippen LogP contribution < -0.4 is 20.3 Å². The number of ether oxygens (including phenoxy) is 2. The lowest BCUT2D eigenvalue weighted by molar-refractivity contribution is -0.131. The van der Waals surface area contributed by atoms with Gasteiger partial charge < -0.3 is 9.47 Å². The number of carbonyl (C=O) groups is 2. The molecule has 3 rings (SSSR count). The van der Waals surface area contributed by atoms with Gasteiger partial charge in [0.1, 0.15) is 12.4 Å². The molecule has 2 amide bonds. The summed E-state index contributed by atoms with van der Waals surface area (Å²) in [6.45, 7) is -0.0188. The molecule has 0 aliphatic carbocycles. The summed E-state index contributed by atoms with van der Waals surface area (Å²) in [5.74, 6) is -1.29. The maximum absolute atomic E-state index is 13.5. The van der Waals surface area contributed by atoms with Crippen molar-refractivity contribution < 1.29 is 23.5 Å². The molecular weight excluding hydrogens is 374 g/mol. The van der Waals surface area contributed by atoms with E-state index in [9.17, 15) is 14.0 Å². The van der Waals surface area contributed by atoms with Crippen molar-refractivity contribution in [2.75, 3.05) is 6.61 Å². The Bertz CT molecular complexity index is 847. The smallest absolute Gasteiger partial charge is 0.283 e. The van der Waals surface area contributed by atoms with E-state index in [2.05, 4.69) is 10.9 Å². The molecule has 0 saturated carbocycles. The highest BCUT2D eigenvalue weighted by Crippen LogP contribution is 2.30. The molecule has 9 heteroatoms. The Morgan fingerprint density at radius 1 is 1.08 bits per heavy atom. The van der Waals surface area contributed by atoms with E-state index >= 15 is 0 Å². The van der Waals surface area contributed by atoms with E-state index in [0.29, 0.717) is 11.5 Å². The topological polar surface area (TPSA) is 76.7 Å². The maximum Gasteiger partial charge on any atom is 0.283 e. The molecule has 0 saturated heterocycles. The highest BCUT2D eigenvalue weighted by atomic mass is 35.5. The molecular formula is C16H11Cl2FN2O4. The third-order valence-corrected chi connectivity index (χ3v) is 3.96. The van der Waals surface area contributed by atoms with Crippen molar-refractivity contribution in [3.8, 4) is 11.5 Å². The van der Waals surface area contributed by atoms with Crippen LogP contribution in [0.4, 0.5) is 4.39 Å². The van der Waals surface area contributed by atoms with Crippen molar-refractivity contribution in [2.45, 2.75) is 6.10 Å². The Morgan fingerprint density at radius 2 is 1.80 bits per heavy atom. The normalized spacial score (nSPS) is 15.4. The lowest BCUT2D eigenvalue weighted by Crippen LogP contribution is -2.50. The Morgan fingerprint density at radius 3 is 2.56 bits per heavy atom. The first-order valence-electron chi connectivity index (χ1n) is 7.09. The number of amides is 2. The van der Waals surface area contributed by atoms with Gasteiger partial charge in [-0.15, -0.1) is 0 Å². The predicted molar refractivity (Wildman–Crippen MR) is 88.4 cm³/mol. The number of para-hydroxylation sites is 2. The molecule has 1 atom stereocenters. The number of rotatable bonds is 2. The van der Waals surface area contributed by atoms with Gasteiger partial charge in [-0.05, 0) is 24.3 Å². The summed E-state index contributed by atoms with van der Waals surface area (Å²) in [4.78, 5) is 24.1. The van der Waals surface area contributed by atoms with E-state index in [0.717, 1.165) is 12.1 Å². The maximum atomic E-state index is 13.5. The molecule has 1 aliphatic heterocycles. The number of benzene rings is 2. The summed E-state index contributed by atoms with van der Waals surface area (Å²) in [7, 11) is 0. The molecule has 0 spiro atoms. The van der Waals surface area contributed by atoms with Crippen LogP contribution in [0.2, 0.25) is 10.0 Å². The molecule has 0 radical (unpaired) electrons. The number of nitrogens with one attached hydrogen (secondary N) is 2. The first kappa shape index (κ1) is 17.3. The molecule has 1 unspecified atom stereocenters. The average Bonchev–Trinajstić information content (AvgIpc) is 2.62. The zero-order valence-corrected chi connectivity index (χ0v) is 14.0. The van der Waals surface area contributed by atoms with Gasteiger partial charge in [0.25, 0.3) is 11.8 Å². The molecule has 2 aromatic rings. The second-order valence-corrected chi connectivity index (χ2v) is 5.87. The fourth-order valence-corrected chi connectivity index (χ4v) is 2.58. The summed E-state index contributed by atoms with van der Waals surface area (Å²) < 4.78 is 24.4. The highest BCUT2D eigenvalue weighted by molar-refractivity contribution is 6.36. The molecule has 25 heavy (non-hydrogen) atoms. The SMILES string of the molecule is O=C(NNC(=O)C1COc2ccccc2O1)c1cc(F)c(Cl)cc1Cl. The van der Waals surface area contributed by atoms with E-state index in [1.54, 1.807) is 24.3 Å². The zero-order valence-electron chi connectivity index (χ0n) is 12.5. The summed E-state index contributed by atoms with van der Waals surface area (Å²) in [5, 5.41) is -0.263. The van der Waals surface area contributed by atoms with Crippen LogP contribution in [-0.4, -0.2) is 24.5 Å². The second kappa shape index (κ2) is 7.16. The summed E-state index contributed by atoms with van der Waals surface area (Å²) >= 11 is 11.4. The van der Waals surface area contributed by atoms with Gasteiger partial charge in [0.2, 0.25) is 6.10 Å². The molecule has 0 fully saturated rings. The molecule has 1 aliphatic rings. The minimum atomic E-state index is -0.951. The van der Waals surface area contributed by atoms with Crippen molar-refractivity contribution in [1.29, 1.82) is 0 Å². The van der Waals surface area contributed by atoms with Crippen LogP contribution in [0.3, 0.4) is 0 Å². The largest absolute Gasteiger partial charge is 0.485 e. The number of hydrazine groups is 1. The monoisotopic (exact) mass is 384 g/mol. The third-order valence-electron chi connectivity index (χ3n) is 3.35. The highest BCUT2D eigenvalue weighted by Gasteiger charge is 2.27. The standard InChI is InChI=1S/C16H11Cl2FN2O4/c17-9-6-10(18)11(19)5-8(9)15(22)20-21-16(23)14-7-24-12-3-1-2-4-13(12)25-14/h1-6,14H,7H2,(H,20,22)(H,21,23). The zero-order chi connectivity index (χ0) is 18.0. The Balaban J connectivity index is 1.61. The van der Waals surface area contributed by atoms with Gasteiger partial charge in [0.05, 0.1) is 15.6 Å². The molecule has 0 aromatic heterocycles. The van der Waals surface area contributed by atoms with Crippen molar-refractivity contribution in [2.24, 2.45) is 0 Å². The summed E-state index contributed by atoms with van der Waals surface area (Å²) in [6.07, 6.45) is -0.951. The number of carbonyl (C=O) groups excluding carboxylic acids is 2. The average molecular weight is 385 g/mol. The van der Waals surface area contributed by atoms with Gasteiger partial charge in [-0.3, -0.25) is 20.4 Å². The minimum Gasteiger partial charge on any atom is -0.485 e. The van der Waals surface area contributed by atoms with Crippen LogP contribution in [0.1, 0.15) is 10.4 Å². The van der Waals surface area contributed by atoms with Gasteiger partial charge in [0.15, 0.2) is 11.5 Å². The summed E-state index contributed by atoms with van der Waals surface area (Å²) in [6, 6.07) is 8.86. The molecule has 130 valence electrons. The Labute approximate surface area is 151 Å². The lowest BCUT2D eigenvalue weighted by atomic mass is 10.2. The van der Waals surface area contributed by atoms with Crippen LogP contribution in [0.15, 0.2) is 36.4 Å². The van der Waals surface area contributed by atoms with Gasteiger partial charge in [-0.1, -0.05) is 35.3 Å².